The van der Waals surface area contributed by atoms with E-state index in [1.807, 2.05) is 56.3 Å². The number of halogens is 1. The molecule has 1 aromatic carbocycles. The molecule has 1 aliphatic heterocycles. The smallest absolute Gasteiger partial charge is 0.274 e. The van der Waals surface area contributed by atoms with Crippen molar-refractivity contribution in [3.8, 4) is 28.4 Å². The molecule has 11 nitrogen and oxygen atoms in total. The predicted molar refractivity (Wildman–Crippen MR) is 178 cm³/mol. The van der Waals surface area contributed by atoms with Crippen LogP contribution in [0.5, 0.6) is 5.88 Å². The van der Waals surface area contributed by atoms with Crippen LogP contribution in [0.3, 0.4) is 0 Å². The maximum Gasteiger partial charge on any atom is 0.274 e. The summed E-state index contributed by atoms with van der Waals surface area (Å²) in [5.41, 5.74) is 6.96. The second kappa shape index (κ2) is 15.2. The van der Waals surface area contributed by atoms with E-state index >= 15 is 0 Å². The van der Waals surface area contributed by atoms with Crippen LogP contribution in [0.2, 0.25) is 5.02 Å². The average molecular weight is 644 g/mol. The number of carbonyl (C=O) groups excluding carboxylic acids is 2. The Morgan fingerprint density at radius 3 is 2.59 bits per heavy atom. The van der Waals surface area contributed by atoms with Gasteiger partial charge in [-0.15, -0.1) is 0 Å². The molecule has 5 rings (SSSR count). The highest BCUT2D eigenvalue weighted by atomic mass is 35.5. The zero-order valence-corrected chi connectivity index (χ0v) is 26.9. The number of hydrogen-bond donors (Lipinski definition) is 5. The van der Waals surface area contributed by atoms with Gasteiger partial charge in [0.15, 0.2) is 0 Å². The fourth-order valence-corrected chi connectivity index (χ4v) is 5.70. The standard InChI is InChI=1S/C34H38ClN7O4/c1-20-25(5-4-6-27(20)41-33(45)29-11-7-22(21(2)39-29)17-36-15-16-43)32-31(35)26(13-14-38-32)28-10-8-23(34(42-28)46-3)18-37-19-24-9-12-30(44)40-24/h4-8,10-11,13-14,24,36-37,43H,9,12,15-19H2,1-3H3,(H,40,44)(H,41,45)/t24-/m0/s1. The molecule has 0 aliphatic carbocycles. The molecule has 4 aromatic rings. The van der Waals surface area contributed by atoms with Gasteiger partial charge in [-0.2, -0.15) is 0 Å². The Balaban J connectivity index is 1.33. The molecular formula is C34H38ClN7O4. The lowest BCUT2D eigenvalue weighted by atomic mass is 10.0. The summed E-state index contributed by atoms with van der Waals surface area (Å²) < 4.78 is 5.61. The Hall–Kier alpha value is -4.42. The number of ether oxygens (including phenoxy) is 1. The minimum Gasteiger partial charge on any atom is -0.481 e. The lowest BCUT2D eigenvalue weighted by Gasteiger charge is -2.16. The number of amides is 2. The van der Waals surface area contributed by atoms with Crippen molar-refractivity contribution in [3.63, 3.8) is 0 Å². The Morgan fingerprint density at radius 1 is 1.04 bits per heavy atom. The molecule has 46 heavy (non-hydrogen) atoms. The number of carbonyl (C=O) groups is 2. The number of methoxy groups -OCH3 is 1. The van der Waals surface area contributed by atoms with Gasteiger partial charge in [-0.3, -0.25) is 14.6 Å². The second-order valence-electron chi connectivity index (χ2n) is 11.1. The summed E-state index contributed by atoms with van der Waals surface area (Å²) in [4.78, 5) is 38.5. The lowest BCUT2D eigenvalue weighted by Crippen LogP contribution is -2.35. The molecule has 4 heterocycles. The van der Waals surface area contributed by atoms with Crippen molar-refractivity contribution >= 4 is 29.1 Å². The number of aromatic nitrogens is 3. The first-order valence-electron chi connectivity index (χ1n) is 15.2. The van der Waals surface area contributed by atoms with E-state index in [2.05, 4.69) is 31.2 Å². The largest absolute Gasteiger partial charge is 0.481 e. The fraction of sp³-hybridized carbons (Fsp3) is 0.324. The molecule has 1 saturated heterocycles. The number of aryl methyl sites for hydroxylation is 1. The lowest BCUT2D eigenvalue weighted by molar-refractivity contribution is -0.119. The van der Waals surface area contributed by atoms with Gasteiger partial charge < -0.3 is 31.1 Å². The summed E-state index contributed by atoms with van der Waals surface area (Å²) in [5.74, 6) is 0.243. The first kappa shape index (κ1) is 33.0. The number of rotatable bonds is 13. The number of anilines is 1. The predicted octanol–water partition coefficient (Wildman–Crippen LogP) is 4.19. The van der Waals surface area contributed by atoms with Gasteiger partial charge in [0.05, 0.1) is 30.1 Å². The zero-order valence-electron chi connectivity index (χ0n) is 26.1. The first-order valence-corrected chi connectivity index (χ1v) is 15.5. The van der Waals surface area contributed by atoms with Gasteiger partial charge >= 0.3 is 0 Å². The van der Waals surface area contributed by atoms with E-state index in [4.69, 9.17) is 26.4 Å². The fourth-order valence-electron chi connectivity index (χ4n) is 5.39. The van der Waals surface area contributed by atoms with Crippen LogP contribution in [0, 0.1) is 13.8 Å². The molecule has 0 bridgehead atoms. The number of hydrogen-bond acceptors (Lipinski definition) is 9. The van der Waals surface area contributed by atoms with Gasteiger partial charge in [-0.1, -0.05) is 35.9 Å². The summed E-state index contributed by atoms with van der Waals surface area (Å²) in [7, 11) is 1.58. The van der Waals surface area contributed by atoms with Crippen molar-refractivity contribution in [1.29, 1.82) is 0 Å². The van der Waals surface area contributed by atoms with Crippen LogP contribution in [0.4, 0.5) is 5.69 Å². The third kappa shape index (κ3) is 7.68. The Morgan fingerprint density at radius 2 is 1.85 bits per heavy atom. The summed E-state index contributed by atoms with van der Waals surface area (Å²) in [6.07, 6.45) is 3.08. The van der Waals surface area contributed by atoms with Crippen molar-refractivity contribution in [2.75, 3.05) is 32.1 Å². The summed E-state index contributed by atoms with van der Waals surface area (Å²) >= 11 is 6.98. The topological polar surface area (TPSA) is 150 Å². The Kier molecular flexibility index (Phi) is 10.9. The van der Waals surface area contributed by atoms with Crippen LogP contribution in [-0.2, 0) is 17.9 Å². The SMILES string of the molecule is COc1nc(-c2ccnc(-c3cccc(NC(=O)c4ccc(CNCCO)c(C)n4)c3C)c2Cl)ccc1CNC[C@@H]1CCC(=O)N1. The van der Waals surface area contributed by atoms with Gasteiger partial charge in [0.1, 0.15) is 5.69 Å². The van der Waals surface area contributed by atoms with E-state index < -0.39 is 0 Å². The van der Waals surface area contributed by atoms with E-state index in [0.29, 0.717) is 71.8 Å². The van der Waals surface area contributed by atoms with Crippen LogP contribution >= 0.6 is 11.6 Å². The molecule has 12 heteroatoms. The highest BCUT2D eigenvalue weighted by molar-refractivity contribution is 6.35. The van der Waals surface area contributed by atoms with Crippen molar-refractivity contribution in [2.24, 2.45) is 0 Å². The van der Waals surface area contributed by atoms with E-state index in [0.717, 1.165) is 34.4 Å². The van der Waals surface area contributed by atoms with E-state index in [1.54, 1.807) is 19.4 Å². The van der Waals surface area contributed by atoms with Crippen LogP contribution < -0.4 is 26.0 Å². The number of nitrogens with one attached hydrogen (secondary N) is 4. The van der Waals surface area contributed by atoms with Crippen LogP contribution in [0.25, 0.3) is 22.5 Å². The van der Waals surface area contributed by atoms with Gasteiger partial charge in [0, 0.05) is 72.9 Å². The Bertz CT molecular complexity index is 1730. The van der Waals surface area contributed by atoms with Gasteiger partial charge in [0.2, 0.25) is 11.8 Å². The highest BCUT2D eigenvalue weighted by Gasteiger charge is 2.21. The molecule has 0 spiro atoms. The van der Waals surface area contributed by atoms with Crippen molar-refractivity contribution in [3.05, 3.63) is 87.8 Å². The molecule has 1 fully saturated rings. The molecule has 240 valence electrons. The number of nitrogens with zero attached hydrogens (tertiary/aromatic N) is 3. The number of aliphatic hydroxyl groups excluding tert-OH is 1. The number of pyridine rings is 3. The second-order valence-corrected chi connectivity index (χ2v) is 11.5. The van der Waals surface area contributed by atoms with E-state index in [9.17, 15) is 9.59 Å². The van der Waals surface area contributed by atoms with Crippen molar-refractivity contribution in [2.45, 2.75) is 45.8 Å². The maximum atomic E-state index is 13.2. The molecule has 2 amide bonds. The minimum absolute atomic E-state index is 0.0535. The Labute approximate surface area is 273 Å². The highest BCUT2D eigenvalue weighted by Crippen LogP contribution is 2.38. The summed E-state index contributed by atoms with van der Waals surface area (Å²) in [6.45, 7) is 6.06. The molecule has 0 saturated carbocycles. The summed E-state index contributed by atoms with van der Waals surface area (Å²) in [6, 6.07) is 14.9. The van der Waals surface area contributed by atoms with Gasteiger partial charge in [0.25, 0.3) is 5.91 Å². The maximum absolute atomic E-state index is 13.2. The minimum atomic E-state index is -0.329. The van der Waals surface area contributed by atoms with Crippen LogP contribution in [0.1, 0.15) is 45.7 Å². The normalized spacial score (nSPS) is 14.3. The third-order valence-electron chi connectivity index (χ3n) is 7.96. The number of benzene rings is 1. The van der Waals surface area contributed by atoms with Gasteiger partial charge in [-0.25, -0.2) is 9.97 Å². The van der Waals surface area contributed by atoms with Crippen LogP contribution in [-0.4, -0.2) is 64.7 Å². The summed E-state index contributed by atoms with van der Waals surface area (Å²) in [5, 5.41) is 21.9. The molecule has 0 unspecified atom stereocenters. The number of aliphatic hydroxyl groups is 1. The molecule has 1 atom stereocenters. The van der Waals surface area contributed by atoms with Crippen molar-refractivity contribution < 1.29 is 19.4 Å². The molecular weight excluding hydrogens is 606 g/mol. The molecule has 0 radical (unpaired) electrons. The first-order chi connectivity index (χ1) is 22.3. The van der Waals surface area contributed by atoms with E-state index in [1.165, 1.54) is 0 Å². The third-order valence-corrected chi connectivity index (χ3v) is 8.34. The molecule has 3 aromatic heterocycles. The van der Waals surface area contributed by atoms with Gasteiger partial charge in [-0.05, 0) is 55.7 Å². The van der Waals surface area contributed by atoms with E-state index in [-0.39, 0.29) is 24.5 Å². The molecule has 5 N–H and O–H groups in total. The van der Waals surface area contributed by atoms with Crippen molar-refractivity contribution in [1.82, 2.24) is 30.9 Å². The quantitative estimate of drug-likeness (QED) is 0.135. The molecule has 1 aliphatic rings. The van der Waals surface area contributed by atoms with Crippen LogP contribution in [0.15, 0.2) is 54.7 Å². The monoisotopic (exact) mass is 643 g/mol. The zero-order chi connectivity index (χ0) is 32.6. The average Bonchev–Trinajstić information content (AvgIpc) is 3.48.